The fourth-order valence-corrected chi connectivity index (χ4v) is 4.34. The Kier molecular flexibility index (Phi) is 3.89. The van der Waals surface area contributed by atoms with Gasteiger partial charge in [-0.2, -0.15) is 0 Å². The van der Waals surface area contributed by atoms with Crippen LogP contribution in [0.2, 0.25) is 5.22 Å². The Morgan fingerprint density at radius 3 is 2.83 bits per heavy atom. The summed E-state index contributed by atoms with van der Waals surface area (Å²) in [5.74, 6) is 1.26. The van der Waals surface area contributed by atoms with E-state index in [4.69, 9.17) is 26.5 Å². The Bertz CT molecular complexity index is 1170. The van der Waals surface area contributed by atoms with Gasteiger partial charge >= 0.3 is 0 Å². The molecule has 1 unspecified atom stereocenters. The van der Waals surface area contributed by atoms with Crippen LogP contribution in [0, 0.1) is 0 Å². The minimum absolute atomic E-state index is 0.133. The van der Waals surface area contributed by atoms with E-state index in [0.29, 0.717) is 28.9 Å². The number of nitrogens with zero attached hydrogens (tertiary/aromatic N) is 3. The van der Waals surface area contributed by atoms with Crippen molar-refractivity contribution in [2.24, 2.45) is 10.7 Å². The monoisotopic (exact) mass is 408 g/mol. The Hall–Kier alpha value is -3.32. The van der Waals surface area contributed by atoms with Crippen LogP contribution in [-0.2, 0) is 16.8 Å². The number of pyridine rings is 1. The molecule has 0 saturated heterocycles. The van der Waals surface area contributed by atoms with Crippen molar-refractivity contribution < 1.29 is 13.9 Å². The number of hydrogen-bond donors (Lipinski definition) is 1. The molecule has 29 heavy (non-hydrogen) atoms. The van der Waals surface area contributed by atoms with Crippen molar-refractivity contribution in [3.8, 4) is 5.88 Å². The van der Waals surface area contributed by atoms with Crippen LogP contribution >= 0.6 is 11.6 Å². The van der Waals surface area contributed by atoms with Crippen molar-refractivity contribution in [2.45, 2.75) is 18.4 Å². The van der Waals surface area contributed by atoms with Gasteiger partial charge in [0.2, 0.25) is 11.8 Å². The van der Waals surface area contributed by atoms with E-state index < -0.39 is 5.41 Å². The van der Waals surface area contributed by atoms with Crippen molar-refractivity contribution >= 4 is 34.7 Å². The molecule has 0 fully saturated rings. The number of amidine groups is 1. The average molecular weight is 409 g/mol. The number of carbonyl (C=O) groups excluding carboxylic acids is 1. The lowest BCUT2D eigenvalue weighted by Crippen LogP contribution is -2.45. The third-order valence-corrected chi connectivity index (χ3v) is 5.58. The summed E-state index contributed by atoms with van der Waals surface area (Å²) in [4.78, 5) is 24.7. The Labute approximate surface area is 171 Å². The van der Waals surface area contributed by atoms with E-state index in [2.05, 4.69) is 9.98 Å². The predicted molar refractivity (Wildman–Crippen MR) is 109 cm³/mol. The lowest BCUT2D eigenvalue weighted by Gasteiger charge is -2.32. The van der Waals surface area contributed by atoms with Gasteiger partial charge in [0, 0.05) is 18.2 Å². The number of ether oxygens (including phenoxy) is 1. The molecule has 1 spiro atoms. The average Bonchev–Trinajstić information content (AvgIpc) is 3.23. The van der Waals surface area contributed by atoms with Crippen LogP contribution < -0.4 is 15.4 Å². The highest BCUT2D eigenvalue weighted by Crippen LogP contribution is 2.52. The van der Waals surface area contributed by atoms with Gasteiger partial charge in [-0.25, -0.2) is 9.98 Å². The van der Waals surface area contributed by atoms with Gasteiger partial charge in [0.05, 0.1) is 25.0 Å². The van der Waals surface area contributed by atoms with E-state index in [1.54, 1.807) is 36.3 Å². The van der Waals surface area contributed by atoms with Gasteiger partial charge in [0.1, 0.15) is 17.0 Å². The summed E-state index contributed by atoms with van der Waals surface area (Å²) in [5.41, 5.74) is 7.85. The van der Waals surface area contributed by atoms with Crippen molar-refractivity contribution in [1.82, 2.24) is 4.98 Å². The number of fused-ring (bicyclic) bond motifs is 4. The van der Waals surface area contributed by atoms with E-state index in [-0.39, 0.29) is 24.1 Å². The number of benzene rings is 1. The number of carbonyl (C=O) groups is 1. The Balaban J connectivity index is 1.72. The lowest BCUT2D eigenvalue weighted by atomic mass is 9.73. The molecule has 1 amide bonds. The molecule has 4 heterocycles. The number of para-hydroxylation sites is 1. The third-order valence-electron chi connectivity index (χ3n) is 5.38. The van der Waals surface area contributed by atoms with E-state index in [9.17, 15) is 4.79 Å². The number of nitrogens with two attached hydrogens (primary N) is 1. The summed E-state index contributed by atoms with van der Waals surface area (Å²) in [6.07, 6.45) is 0.241. The number of halogens is 1. The highest BCUT2D eigenvalue weighted by molar-refractivity contribution is 6.28. The van der Waals surface area contributed by atoms with Gasteiger partial charge in [-0.15, -0.1) is 0 Å². The Morgan fingerprint density at radius 1 is 1.24 bits per heavy atom. The van der Waals surface area contributed by atoms with Gasteiger partial charge in [-0.05, 0) is 41.4 Å². The number of aromatic nitrogens is 1. The molecule has 5 rings (SSSR count). The third kappa shape index (κ3) is 2.54. The van der Waals surface area contributed by atoms with Crippen LogP contribution in [0.5, 0.6) is 5.88 Å². The summed E-state index contributed by atoms with van der Waals surface area (Å²) in [6, 6.07) is 14.6. The molecule has 7 nitrogen and oxygen atoms in total. The van der Waals surface area contributed by atoms with Crippen molar-refractivity contribution in [3.63, 3.8) is 0 Å². The molecule has 0 aliphatic carbocycles. The van der Waals surface area contributed by atoms with Gasteiger partial charge in [0.25, 0.3) is 0 Å². The molecule has 2 N–H and O–H groups in total. The van der Waals surface area contributed by atoms with Gasteiger partial charge < -0.3 is 19.8 Å². The molecule has 0 saturated carbocycles. The molecule has 1 aromatic carbocycles. The second-order valence-electron chi connectivity index (χ2n) is 7.02. The number of methoxy groups -OCH3 is 1. The zero-order valence-electron chi connectivity index (χ0n) is 15.6. The summed E-state index contributed by atoms with van der Waals surface area (Å²) in [5, 5.41) is 0.278. The van der Waals surface area contributed by atoms with Crippen LogP contribution in [-0.4, -0.2) is 23.8 Å². The first kappa shape index (κ1) is 17.8. The summed E-state index contributed by atoms with van der Waals surface area (Å²) < 4.78 is 10.8. The molecule has 146 valence electrons. The first-order chi connectivity index (χ1) is 14.0. The number of anilines is 1. The molecular weight excluding hydrogens is 392 g/mol. The van der Waals surface area contributed by atoms with Crippen LogP contribution in [0.3, 0.4) is 0 Å². The SMILES string of the molecule is COc1ccc2c(n1)C1(CC(N)=N2)C(=O)N(Cc2ccc(Cl)o2)c2ccccc21. The molecule has 0 bridgehead atoms. The first-order valence-corrected chi connectivity index (χ1v) is 9.45. The van der Waals surface area contributed by atoms with E-state index in [1.165, 1.54) is 0 Å². The quantitative estimate of drug-likeness (QED) is 0.715. The predicted octanol–water partition coefficient (Wildman–Crippen LogP) is 3.56. The second kappa shape index (κ2) is 6.35. The molecule has 2 aliphatic rings. The van der Waals surface area contributed by atoms with Crippen LogP contribution in [0.1, 0.15) is 23.4 Å². The minimum atomic E-state index is -1.07. The first-order valence-electron chi connectivity index (χ1n) is 9.07. The molecule has 1 atom stereocenters. The molecule has 2 aliphatic heterocycles. The van der Waals surface area contributed by atoms with Crippen LogP contribution in [0.15, 0.2) is 57.9 Å². The van der Waals surface area contributed by atoms with Crippen molar-refractivity contribution in [2.75, 3.05) is 12.0 Å². The molecule has 3 aromatic rings. The topological polar surface area (TPSA) is 93.9 Å². The highest BCUT2D eigenvalue weighted by Gasteiger charge is 2.56. The fourth-order valence-electron chi connectivity index (χ4n) is 4.18. The Morgan fingerprint density at radius 2 is 2.07 bits per heavy atom. The van der Waals surface area contributed by atoms with Gasteiger partial charge in [-0.3, -0.25) is 4.79 Å². The molecule has 0 radical (unpaired) electrons. The normalized spacial score (nSPS) is 19.9. The number of aliphatic imine (C=N–C) groups is 1. The lowest BCUT2D eigenvalue weighted by molar-refractivity contribution is -0.122. The maximum Gasteiger partial charge on any atom is 0.244 e. The standard InChI is InChI=1S/C21H17ClN4O3/c1-28-18-9-7-14-19(25-18)21(10-17(23)24-14)13-4-2-3-5-15(13)26(20(21)27)11-12-6-8-16(22)29-12/h2-9H,10-11H2,1H3,(H2,23,24). The zero-order chi connectivity index (χ0) is 20.2. The molecule has 2 aromatic heterocycles. The van der Waals surface area contributed by atoms with Crippen LogP contribution in [0.25, 0.3) is 0 Å². The van der Waals surface area contributed by atoms with Crippen molar-refractivity contribution in [1.29, 1.82) is 0 Å². The maximum atomic E-state index is 13.9. The smallest absolute Gasteiger partial charge is 0.244 e. The molecular formula is C21H17ClN4O3. The molecule has 8 heteroatoms. The number of amides is 1. The van der Waals surface area contributed by atoms with Crippen LogP contribution in [0.4, 0.5) is 11.4 Å². The number of furan rings is 1. The van der Waals surface area contributed by atoms with Gasteiger partial charge in [0.15, 0.2) is 5.22 Å². The largest absolute Gasteiger partial charge is 0.481 e. The van der Waals surface area contributed by atoms with E-state index in [1.807, 2.05) is 24.3 Å². The number of rotatable bonds is 3. The van der Waals surface area contributed by atoms with E-state index in [0.717, 1.165) is 11.3 Å². The van der Waals surface area contributed by atoms with Gasteiger partial charge in [-0.1, -0.05) is 18.2 Å². The fraction of sp³-hybridized carbons (Fsp3) is 0.190. The van der Waals surface area contributed by atoms with E-state index >= 15 is 0 Å². The minimum Gasteiger partial charge on any atom is -0.481 e. The summed E-state index contributed by atoms with van der Waals surface area (Å²) in [6.45, 7) is 0.251. The maximum absolute atomic E-state index is 13.9. The second-order valence-corrected chi connectivity index (χ2v) is 7.39. The summed E-state index contributed by atoms with van der Waals surface area (Å²) >= 11 is 5.92. The number of hydrogen-bond acceptors (Lipinski definition) is 6. The highest BCUT2D eigenvalue weighted by atomic mass is 35.5. The summed E-state index contributed by atoms with van der Waals surface area (Å²) in [7, 11) is 1.54. The zero-order valence-corrected chi connectivity index (χ0v) is 16.3. The van der Waals surface area contributed by atoms with Crippen molar-refractivity contribution in [3.05, 3.63) is 70.8 Å².